The van der Waals surface area contributed by atoms with Crippen LogP contribution in [0.5, 0.6) is 0 Å². The van der Waals surface area contributed by atoms with Gasteiger partial charge in [-0.15, -0.1) is 0 Å². The molecule has 2 amide bonds. The highest BCUT2D eigenvalue weighted by molar-refractivity contribution is 5.90. The van der Waals surface area contributed by atoms with Gasteiger partial charge in [-0.05, 0) is 51.7 Å². The molecule has 1 N–H and O–H groups in total. The Labute approximate surface area is 275 Å². The summed E-state index contributed by atoms with van der Waals surface area (Å²) in [4.78, 5) is 53.6. The van der Waals surface area contributed by atoms with Crippen LogP contribution in [0.1, 0.15) is 95.9 Å². The normalized spacial score (nSPS) is 25.7. The van der Waals surface area contributed by atoms with Crippen molar-refractivity contribution >= 4 is 36.1 Å². The molecule has 0 aromatic carbocycles. The van der Waals surface area contributed by atoms with Crippen molar-refractivity contribution in [3.05, 3.63) is 53.3 Å². The van der Waals surface area contributed by atoms with Gasteiger partial charge in [0.1, 0.15) is 29.8 Å². The predicted molar refractivity (Wildman–Crippen MR) is 172 cm³/mol. The number of fused-ring (bicyclic) bond motifs is 3. The predicted octanol–water partition coefficient (Wildman–Crippen LogP) is 5.69. The van der Waals surface area contributed by atoms with E-state index in [-0.39, 0.29) is 18.7 Å². The Hall–Kier alpha value is -4.03. The lowest BCUT2D eigenvalue weighted by molar-refractivity contribution is -0.151. The molecule has 1 aromatic rings. The molecule has 2 bridgehead atoms. The Balaban J connectivity index is 1.43. The average Bonchev–Trinajstić information content (AvgIpc) is 3.93. The molecule has 0 aliphatic carbocycles. The maximum atomic E-state index is 13.0. The van der Waals surface area contributed by atoms with E-state index in [1.165, 1.54) is 25.5 Å². The van der Waals surface area contributed by atoms with Crippen LogP contribution >= 0.6 is 0 Å². The number of carbonyl (C=O) groups is 4. The van der Waals surface area contributed by atoms with Gasteiger partial charge in [0, 0.05) is 19.4 Å². The van der Waals surface area contributed by atoms with Gasteiger partial charge in [-0.2, -0.15) is 0 Å². The fourth-order valence-electron chi connectivity index (χ4n) is 5.34. The van der Waals surface area contributed by atoms with Crippen molar-refractivity contribution in [2.75, 3.05) is 6.61 Å². The molecule has 6 atom stereocenters. The third-order valence-corrected chi connectivity index (χ3v) is 7.93. The standard InChI is InChI=1S/C35H46N2O10/c1-5-6-7-8-9-16-29(39)42-20-13-12-15-26-31(44-26)33-34(47-35(41)36-24(4)38)32-27(45-32)19-18-22(2)21-28-37-25(23(3)43-28)14-10-11-17-30(40)46-33/h10-12,14-15,17,21,26-27,31-34H,5-9,13,16,18-20H2,1-4H3,(H,36,38,41). The molecule has 3 aliphatic rings. The topological polar surface area (TPSA) is 159 Å². The van der Waals surface area contributed by atoms with Crippen LogP contribution in [-0.2, 0) is 38.1 Å². The van der Waals surface area contributed by atoms with Crippen LogP contribution in [-0.4, -0.2) is 72.2 Å². The lowest BCUT2D eigenvalue weighted by Crippen LogP contribution is -2.46. The summed E-state index contributed by atoms with van der Waals surface area (Å²) in [5, 5.41) is 2.11. The highest BCUT2D eigenvalue weighted by Crippen LogP contribution is 2.40. The van der Waals surface area contributed by atoms with Crippen molar-refractivity contribution in [1.29, 1.82) is 0 Å². The number of rotatable bonds is 12. The molecular weight excluding hydrogens is 608 g/mol. The molecule has 0 saturated carbocycles. The van der Waals surface area contributed by atoms with E-state index >= 15 is 0 Å². The highest BCUT2D eigenvalue weighted by atomic mass is 16.7. The zero-order valence-electron chi connectivity index (χ0n) is 27.6. The maximum Gasteiger partial charge on any atom is 0.414 e. The van der Waals surface area contributed by atoms with Gasteiger partial charge in [0.2, 0.25) is 11.8 Å². The first-order chi connectivity index (χ1) is 22.6. The van der Waals surface area contributed by atoms with E-state index in [1.54, 1.807) is 18.2 Å². The number of hydrogen-bond donors (Lipinski definition) is 1. The van der Waals surface area contributed by atoms with E-state index < -0.39 is 48.5 Å². The number of nitrogens with one attached hydrogen (secondary N) is 1. The van der Waals surface area contributed by atoms with E-state index in [4.69, 9.17) is 28.1 Å². The molecule has 12 nitrogen and oxygen atoms in total. The summed E-state index contributed by atoms with van der Waals surface area (Å²) in [5.41, 5.74) is 1.65. The van der Waals surface area contributed by atoms with E-state index in [2.05, 4.69) is 17.2 Å². The molecule has 0 radical (unpaired) electrons. The number of aryl methyl sites for hydroxylation is 1. The number of imide groups is 1. The van der Waals surface area contributed by atoms with E-state index in [1.807, 2.05) is 26.0 Å². The fourth-order valence-corrected chi connectivity index (χ4v) is 5.34. The fraction of sp³-hybridized carbons (Fsp3) is 0.571. The Kier molecular flexibility index (Phi) is 13.5. The summed E-state index contributed by atoms with van der Waals surface area (Å²) in [6.07, 6.45) is 14.1. The molecule has 4 heterocycles. The molecule has 2 saturated heterocycles. The van der Waals surface area contributed by atoms with Gasteiger partial charge >= 0.3 is 18.0 Å². The quantitative estimate of drug-likeness (QED) is 0.0970. The smallest absolute Gasteiger partial charge is 0.414 e. The summed E-state index contributed by atoms with van der Waals surface area (Å²) < 4.78 is 34.4. The number of amides is 2. The van der Waals surface area contributed by atoms with Gasteiger partial charge < -0.3 is 28.1 Å². The molecule has 2 fully saturated rings. The van der Waals surface area contributed by atoms with Crippen LogP contribution in [0.3, 0.4) is 0 Å². The Bertz CT molecular complexity index is 1380. The minimum atomic E-state index is -1.05. The largest absolute Gasteiger partial charge is 0.465 e. The first-order valence-corrected chi connectivity index (χ1v) is 16.5. The molecule has 0 spiro atoms. The third kappa shape index (κ3) is 11.9. The lowest BCUT2D eigenvalue weighted by atomic mass is 10.00. The molecule has 47 heavy (non-hydrogen) atoms. The number of ether oxygens (including phenoxy) is 5. The average molecular weight is 655 g/mol. The van der Waals surface area contributed by atoms with Crippen LogP contribution in [0.2, 0.25) is 0 Å². The monoisotopic (exact) mass is 654 g/mol. The zero-order chi connectivity index (χ0) is 33.8. The maximum absolute atomic E-state index is 13.0. The summed E-state index contributed by atoms with van der Waals surface area (Å²) in [6.45, 7) is 7.37. The van der Waals surface area contributed by atoms with Crippen LogP contribution in [0.15, 0.2) is 40.4 Å². The number of oxazole rings is 1. The van der Waals surface area contributed by atoms with Crippen LogP contribution in [0, 0.1) is 6.92 Å². The SMILES string of the molecule is CCCCCCCC(=O)OCCC=CC1OC1C1OC(=O)C=CC=Cc2nc(oc2C)C=C(C)CCC2OC2C1OC(=O)NC(C)=O. The number of carbonyl (C=O) groups excluding carboxylic acids is 4. The van der Waals surface area contributed by atoms with Crippen molar-refractivity contribution in [3.8, 4) is 0 Å². The second-order valence-corrected chi connectivity index (χ2v) is 12.0. The third-order valence-electron chi connectivity index (χ3n) is 7.93. The van der Waals surface area contributed by atoms with Gasteiger partial charge in [-0.3, -0.25) is 14.9 Å². The van der Waals surface area contributed by atoms with Gasteiger partial charge in [0.25, 0.3) is 0 Å². The Morgan fingerprint density at radius 2 is 1.83 bits per heavy atom. The summed E-state index contributed by atoms with van der Waals surface area (Å²) in [7, 11) is 0. The first-order valence-electron chi connectivity index (χ1n) is 16.5. The minimum absolute atomic E-state index is 0.207. The number of cyclic esters (lactones) is 1. The minimum Gasteiger partial charge on any atom is -0.465 e. The summed E-state index contributed by atoms with van der Waals surface area (Å²) in [5.74, 6) is -0.364. The number of aromatic nitrogens is 1. The molecule has 3 aliphatic heterocycles. The van der Waals surface area contributed by atoms with E-state index in [9.17, 15) is 19.2 Å². The highest BCUT2D eigenvalue weighted by Gasteiger charge is 2.58. The first kappa shape index (κ1) is 35.8. The molecule has 256 valence electrons. The van der Waals surface area contributed by atoms with Crippen molar-refractivity contribution in [2.24, 2.45) is 0 Å². The second kappa shape index (κ2) is 17.8. The number of unbranched alkanes of at least 4 members (excludes halogenated alkanes) is 4. The Morgan fingerprint density at radius 3 is 2.62 bits per heavy atom. The van der Waals surface area contributed by atoms with Crippen LogP contribution in [0.25, 0.3) is 12.2 Å². The molecule has 12 heteroatoms. The van der Waals surface area contributed by atoms with E-state index in [0.717, 1.165) is 31.3 Å². The molecule has 4 rings (SSSR count). The summed E-state index contributed by atoms with van der Waals surface area (Å²) >= 11 is 0. The molecule has 6 unspecified atom stereocenters. The number of alkyl carbamates (subject to hydrolysis) is 1. The van der Waals surface area contributed by atoms with Gasteiger partial charge in [0.05, 0.1) is 12.7 Å². The summed E-state index contributed by atoms with van der Waals surface area (Å²) in [6, 6.07) is 0. The molecular formula is C35H46N2O10. The number of hydrogen-bond acceptors (Lipinski definition) is 11. The van der Waals surface area contributed by atoms with Gasteiger partial charge in [-0.25, -0.2) is 14.6 Å². The number of allylic oxidation sites excluding steroid dienone is 3. The number of epoxide rings is 2. The number of nitrogens with zero attached hydrogens (tertiary/aromatic N) is 1. The van der Waals surface area contributed by atoms with E-state index in [0.29, 0.717) is 43.0 Å². The molecule has 1 aromatic heterocycles. The van der Waals surface area contributed by atoms with Crippen molar-refractivity contribution in [3.63, 3.8) is 0 Å². The van der Waals surface area contributed by atoms with Crippen molar-refractivity contribution < 1.29 is 47.3 Å². The van der Waals surface area contributed by atoms with Gasteiger partial charge in [-0.1, -0.05) is 62.5 Å². The van der Waals surface area contributed by atoms with Crippen LogP contribution < -0.4 is 5.32 Å². The van der Waals surface area contributed by atoms with Crippen molar-refractivity contribution in [2.45, 2.75) is 122 Å². The lowest BCUT2D eigenvalue weighted by Gasteiger charge is -2.24. The number of esters is 2. The second-order valence-electron chi connectivity index (χ2n) is 12.0. The van der Waals surface area contributed by atoms with Crippen LogP contribution in [0.4, 0.5) is 4.79 Å². The van der Waals surface area contributed by atoms with Crippen molar-refractivity contribution in [1.82, 2.24) is 10.3 Å². The zero-order valence-corrected chi connectivity index (χ0v) is 27.6. The Morgan fingerprint density at radius 1 is 1.04 bits per heavy atom. The van der Waals surface area contributed by atoms with Gasteiger partial charge in [0.15, 0.2) is 12.2 Å².